The number of aromatic nitrogens is 2. The van der Waals surface area contributed by atoms with E-state index >= 15 is 0 Å². The number of halogens is 2. The van der Waals surface area contributed by atoms with Gasteiger partial charge < -0.3 is 10.6 Å². The van der Waals surface area contributed by atoms with Gasteiger partial charge in [-0.15, -0.1) is 12.4 Å². The maximum atomic E-state index is 13.8. The highest BCUT2D eigenvalue weighted by molar-refractivity contribution is 5.95. The van der Waals surface area contributed by atoms with Crippen LogP contribution < -0.4 is 10.6 Å². The van der Waals surface area contributed by atoms with Crippen LogP contribution >= 0.6 is 12.4 Å². The Morgan fingerprint density at radius 3 is 2.74 bits per heavy atom. The van der Waals surface area contributed by atoms with E-state index in [1.54, 1.807) is 25.1 Å². The van der Waals surface area contributed by atoms with Crippen molar-refractivity contribution in [2.75, 3.05) is 13.1 Å². The van der Waals surface area contributed by atoms with Crippen LogP contribution in [0.15, 0.2) is 30.5 Å². The van der Waals surface area contributed by atoms with Crippen LogP contribution in [-0.4, -0.2) is 34.8 Å². The van der Waals surface area contributed by atoms with Gasteiger partial charge in [0.2, 0.25) is 0 Å². The van der Waals surface area contributed by atoms with E-state index in [2.05, 4.69) is 15.7 Å². The lowest BCUT2D eigenvalue weighted by Gasteiger charge is -2.13. The Morgan fingerprint density at radius 1 is 1.39 bits per heavy atom. The summed E-state index contributed by atoms with van der Waals surface area (Å²) in [6, 6.07) is 6.54. The molecular weight excluding hydrogens is 319 g/mol. The van der Waals surface area contributed by atoms with E-state index in [-0.39, 0.29) is 30.2 Å². The number of hydrogen-bond acceptors (Lipinski definition) is 3. The molecule has 2 N–H and O–H groups in total. The third kappa shape index (κ3) is 4.53. The Balaban J connectivity index is 0.00000264. The number of benzene rings is 1. The van der Waals surface area contributed by atoms with Crippen molar-refractivity contribution in [2.24, 2.45) is 0 Å². The summed E-state index contributed by atoms with van der Waals surface area (Å²) in [5.41, 5.74) is 1.39. The average molecular weight is 341 g/mol. The van der Waals surface area contributed by atoms with E-state index in [1.807, 2.05) is 13.8 Å². The summed E-state index contributed by atoms with van der Waals surface area (Å²) >= 11 is 0. The van der Waals surface area contributed by atoms with Crippen molar-refractivity contribution in [2.45, 2.75) is 26.8 Å². The Labute approximate surface area is 141 Å². The number of carbonyl (C=O) groups excluding carboxylic acids is 1. The van der Waals surface area contributed by atoms with E-state index in [1.165, 1.54) is 16.9 Å². The van der Waals surface area contributed by atoms with Gasteiger partial charge in [0.15, 0.2) is 0 Å². The first-order valence-electron chi connectivity index (χ1n) is 7.35. The van der Waals surface area contributed by atoms with Gasteiger partial charge in [0.05, 0.1) is 17.5 Å². The van der Waals surface area contributed by atoms with Crippen LogP contribution in [0.25, 0.3) is 5.69 Å². The fourth-order valence-corrected chi connectivity index (χ4v) is 2.26. The molecule has 23 heavy (non-hydrogen) atoms. The molecule has 0 saturated heterocycles. The number of nitrogens with one attached hydrogen (secondary N) is 2. The molecule has 0 saturated carbocycles. The first kappa shape index (κ1) is 19.1. The molecule has 0 radical (unpaired) electrons. The molecule has 0 aliphatic rings. The maximum Gasteiger partial charge on any atom is 0.254 e. The predicted molar refractivity (Wildman–Crippen MR) is 91.0 cm³/mol. The van der Waals surface area contributed by atoms with E-state index in [4.69, 9.17) is 0 Å². The summed E-state index contributed by atoms with van der Waals surface area (Å²) in [5.74, 6) is -0.578. The number of para-hydroxylation sites is 1. The highest BCUT2D eigenvalue weighted by Crippen LogP contribution is 2.16. The second-order valence-electron chi connectivity index (χ2n) is 5.18. The molecule has 5 nitrogen and oxygen atoms in total. The molecule has 1 atom stereocenters. The third-order valence-corrected chi connectivity index (χ3v) is 3.46. The highest BCUT2D eigenvalue weighted by atomic mass is 35.5. The minimum atomic E-state index is -0.374. The molecular formula is C16H22ClFN4O. The van der Waals surface area contributed by atoms with Gasteiger partial charge in [-0.3, -0.25) is 4.79 Å². The van der Waals surface area contributed by atoms with Gasteiger partial charge in [-0.2, -0.15) is 5.10 Å². The number of likely N-dealkylation sites (N-methyl/N-ethyl adjacent to an activating group) is 1. The number of carbonyl (C=O) groups is 1. The largest absolute Gasteiger partial charge is 0.350 e. The molecule has 0 spiro atoms. The normalized spacial score (nSPS) is 11.7. The lowest BCUT2D eigenvalue weighted by Crippen LogP contribution is -2.38. The Kier molecular flexibility index (Phi) is 7.19. The van der Waals surface area contributed by atoms with Crippen molar-refractivity contribution in [3.63, 3.8) is 0 Å². The second-order valence-corrected chi connectivity index (χ2v) is 5.18. The van der Waals surface area contributed by atoms with Gasteiger partial charge in [-0.1, -0.05) is 19.1 Å². The topological polar surface area (TPSA) is 58.9 Å². The predicted octanol–water partition coefficient (Wildman–Crippen LogP) is 2.47. The Bertz CT molecular complexity index is 659. The first-order valence-corrected chi connectivity index (χ1v) is 7.35. The lowest BCUT2D eigenvalue weighted by molar-refractivity contribution is 0.0949. The second kappa shape index (κ2) is 8.64. The number of amides is 1. The number of nitrogens with zero attached hydrogens (tertiary/aromatic N) is 2. The molecule has 126 valence electrons. The standard InChI is InChI=1S/C16H21FN4O.ClH/c1-4-18-11(2)9-19-16(22)13-10-20-21(12(13)3)15-8-6-5-7-14(15)17;/h5-8,10-11,18H,4,9H2,1-3H3,(H,19,22);1H/t11-;/m1./s1. The quantitative estimate of drug-likeness (QED) is 0.849. The van der Waals surface area contributed by atoms with Crippen LogP contribution in [-0.2, 0) is 0 Å². The van der Waals surface area contributed by atoms with E-state index in [9.17, 15) is 9.18 Å². The first-order chi connectivity index (χ1) is 10.5. The molecule has 0 unspecified atom stereocenters. The molecule has 1 heterocycles. The van der Waals surface area contributed by atoms with Crippen molar-refractivity contribution in [1.29, 1.82) is 0 Å². The summed E-state index contributed by atoms with van der Waals surface area (Å²) < 4.78 is 15.3. The minimum Gasteiger partial charge on any atom is -0.350 e. The minimum absolute atomic E-state index is 0. The molecule has 1 aromatic carbocycles. The fraction of sp³-hybridized carbons (Fsp3) is 0.375. The number of rotatable bonds is 6. The van der Waals surface area contributed by atoms with Crippen LogP contribution in [0.4, 0.5) is 4.39 Å². The van der Waals surface area contributed by atoms with Gasteiger partial charge in [-0.05, 0) is 32.5 Å². The van der Waals surface area contributed by atoms with E-state index in [0.29, 0.717) is 23.5 Å². The number of hydrogen-bond donors (Lipinski definition) is 2. The Morgan fingerprint density at radius 2 is 2.09 bits per heavy atom. The molecule has 0 bridgehead atoms. The SMILES string of the molecule is CCN[C@H](C)CNC(=O)c1cnn(-c2ccccc2F)c1C.Cl. The molecule has 0 aliphatic carbocycles. The van der Waals surface area contributed by atoms with Crippen molar-refractivity contribution in [3.05, 3.63) is 47.5 Å². The van der Waals surface area contributed by atoms with Crippen LogP contribution in [0, 0.1) is 12.7 Å². The van der Waals surface area contributed by atoms with Crippen LogP contribution in [0.5, 0.6) is 0 Å². The van der Waals surface area contributed by atoms with Crippen molar-refractivity contribution in [3.8, 4) is 5.69 Å². The smallest absolute Gasteiger partial charge is 0.254 e. The van der Waals surface area contributed by atoms with Crippen LogP contribution in [0.1, 0.15) is 29.9 Å². The average Bonchev–Trinajstić information content (AvgIpc) is 2.87. The Hall–Kier alpha value is -1.92. The van der Waals surface area contributed by atoms with Gasteiger partial charge in [-0.25, -0.2) is 9.07 Å². The molecule has 0 fully saturated rings. The zero-order valence-corrected chi connectivity index (χ0v) is 14.3. The summed E-state index contributed by atoms with van der Waals surface area (Å²) in [6.45, 7) is 7.14. The highest BCUT2D eigenvalue weighted by Gasteiger charge is 2.16. The maximum absolute atomic E-state index is 13.8. The molecule has 7 heteroatoms. The third-order valence-electron chi connectivity index (χ3n) is 3.46. The molecule has 2 rings (SSSR count). The summed E-state index contributed by atoms with van der Waals surface area (Å²) in [6.07, 6.45) is 1.47. The van der Waals surface area contributed by atoms with Crippen LogP contribution in [0.2, 0.25) is 0 Å². The van der Waals surface area contributed by atoms with Gasteiger partial charge in [0, 0.05) is 12.6 Å². The molecule has 1 amide bonds. The van der Waals surface area contributed by atoms with E-state index < -0.39 is 0 Å². The monoisotopic (exact) mass is 340 g/mol. The zero-order valence-electron chi connectivity index (χ0n) is 13.5. The van der Waals surface area contributed by atoms with Crippen molar-refractivity contribution < 1.29 is 9.18 Å². The zero-order chi connectivity index (χ0) is 16.1. The summed E-state index contributed by atoms with van der Waals surface area (Å²) in [7, 11) is 0. The van der Waals surface area contributed by atoms with Crippen LogP contribution in [0.3, 0.4) is 0 Å². The molecule has 0 aliphatic heterocycles. The van der Waals surface area contributed by atoms with Crippen molar-refractivity contribution >= 4 is 18.3 Å². The summed E-state index contributed by atoms with van der Waals surface area (Å²) in [4.78, 5) is 12.2. The lowest BCUT2D eigenvalue weighted by atomic mass is 10.2. The summed E-state index contributed by atoms with van der Waals surface area (Å²) in [5, 5.41) is 10.2. The van der Waals surface area contributed by atoms with Crippen molar-refractivity contribution in [1.82, 2.24) is 20.4 Å². The van der Waals surface area contributed by atoms with E-state index in [0.717, 1.165) is 6.54 Å². The van der Waals surface area contributed by atoms with Gasteiger partial charge in [0.1, 0.15) is 11.5 Å². The molecule has 2 aromatic rings. The van der Waals surface area contributed by atoms with Gasteiger partial charge >= 0.3 is 0 Å². The molecule has 1 aromatic heterocycles. The van der Waals surface area contributed by atoms with Gasteiger partial charge in [0.25, 0.3) is 5.91 Å². The fourth-order valence-electron chi connectivity index (χ4n) is 2.26.